The average Bonchev–Trinajstić information content (AvgIpc) is 3.53. The maximum Gasteiger partial charge on any atom is 0.231 e. The van der Waals surface area contributed by atoms with Crippen LogP contribution in [0.2, 0.25) is 0 Å². The van der Waals surface area contributed by atoms with Crippen molar-refractivity contribution in [2.75, 3.05) is 18.8 Å². The number of benzene rings is 2. The first kappa shape index (κ1) is 20.4. The highest BCUT2D eigenvalue weighted by Crippen LogP contribution is 2.33. The van der Waals surface area contributed by atoms with Crippen LogP contribution in [0.4, 0.5) is 5.82 Å². The third kappa shape index (κ3) is 3.99. The van der Waals surface area contributed by atoms with Crippen molar-refractivity contribution in [2.45, 2.75) is 18.9 Å². The molecular formula is C26H24N6O2. The van der Waals surface area contributed by atoms with Crippen LogP contribution in [0.1, 0.15) is 18.9 Å². The summed E-state index contributed by atoms with van der Waals surface area (Å²) in [6.45, 7) is 2.03. The molecule has 5 aromatic rings. The van der Waals surface area contributed by atoms with Gasteiger partial charge in [-0.2, -0.15) is 5.10 Å². The molecule has 2 aromatic carbocycles. The Bertz CT molecular complexity index is 1440. The third-order valence-electron chi connectivity index (χ3n) is 6.11. The number of nitrogen functional groups attached to an aromatic ring is 1. The molecule has 0 bridgehead atoms. The number of hydrogen-bond donors (Lipinski definition) is 2. The third-order valence-corrected chi connectivity index (χ3v) is 6.11. The number of oxazole rings is 1. The van der Waals surface area contributed by atoms with Crippen LogP contribution in [0.25, 0.3) is 33.7 Å². The Kier molecular flexibility index (Phi) is 5.20. The van der Waals surface area contributed by atoms with E-state index in [9.17, 15) is 0 Å². The molecule has 1 aliphatic heterocycles. The van der Waals surface area contributed by atoms with Gasteiger partial charge in [0.05, 0.1) is 17.8 Å². The maximum absolute atomic E-state index is 6.21. The number of rotatable bonds is 5. The molecule has 170 valence electrons. The van der Waals surface area contributed by atoms with Crippen LogP contribution in [0, 0.1) is 0 Å². The van der Waals surface area contributed by atoms with Gasteiger partial charge in [0.25, 0.3) is 0 Å². The van der Waals surface area contributed by atoms with Gasteiger partial charge in [0.2, 0.25) is 5.89 Å². The molecular weight excluding hydrogens is 428 g/mol. The van der Waals surface area contributed by atoms with Gasteiger partial charge in [0.1, 0.15) is 22.8 Å². The second-order valence-corrected chi connectivity index (χ2v) is 8.41. The molecule has 0 amide bonds. The van der Waals surface area contributed by atoms with Gasteiger partial charge in [0, 0.05) is 29.6 Å². The highest BCUT2D eigenvalue weighted by Gasteiger charge is 2.18. The van der Waals surface area contributed by atoms with Crippen molar-refractivity contribution in [1.29, 1.82) is 0 Å². The number of fused-ring (bicyclic) bond motifs is 1. The van der Waals surface area contributed by atoms with Crippen molar-refractivity contribution in [3.05, 3.63) is 73.2 Å². The van der Waals surface area contributed by atoms with Crippen molar-refractivity contribution in [3.63, 3.8) is 0 Å². The predicted octanol–water partition coefficient (Wildman–Crippen LogP) is 5.05. The highest BCUT2D eigenvalue weighted by molar-refractivity contribution is 5.81. The number of aromatic nitrogens is 4. The lowest BCUT2D eigenvalue weighted by Crippen LogP contribution is -2.29. The van der Waals surface area contributed by atoms with E-state index in [0.717, 1.165) is 48.3 Å². The second-order valence-electron chi connectivity index (χ2n) is 8.41. The van der Waals surface area contributed by atoms with E-state index >= 15 is 0 Å². The smallest absolute Gasteiger partial charge is 0.231 e. The van der Waals surface area contributed by atoms with Crippen molar-refractivity contribution in [2.24, 2.45) is 0 Å². The molecule has 0 saturated carbocycles. The summed E-state index contributed by atoms with van der Waals surface area (Å²) in [5, 5.41) is 7.99. The van der Waals surface area contributed by atoms with Gasteiger partial charge in [0.15, 0.2) is 5.58 Å². The van der Waals surface area contributed by atoms with E-state index in [1.165, 1.54) is 0 Å². The van der Waals surface area contributed by atoms with Gasteiger partial charge in [-0.3, -0.25) is 4.68 Å². The van der Waals surface area contributed by atoms with E-state index in [1.54, 1.807) is 6.20 Å². The molecule has 0 aliphatic carbocycles. The monoisotopic (exact) mass is 452 g/mol. The highest BCUT2D eigenvalue weighted by atomic mass is 16.5. The molecule has 4 heterocycles. The number of nitrogens with zero attached hydrogens (tertiary/aromatic N) is 4. The molecule has 8 nitrogen and oxygen atoms in total. The van der Waals surface area contributed by atoms with Crippen LogP contribution in [0.3, 0.4) is 0 Å². The zero-order valence-corrected chi connectivity index (χ0v) is 18.5. The van der Waals surface area contributed by atoms with Crippen LogP contribution >= 0.6 is 0 Å². The molecule has 6 rings (SSSR count). The van der Waals surface area contributed by atoms with Crippen molar-refractivity contribution in [1.82, 2.24) is 25.1 Å². The van der Waals surface area contributed by atoms with Crippen molar-refractivity contribution < 1.29 is 9.15 Å². The summed E-state index contributed by atoms with van der Waals surface area (Å²) in [6, 6.07) is 17.6. The first-order valence-electron chi connectivity index (χ1n) is 11.4. The number of nitrogens with two attached hydrogens (primary N) is 1. The Morgan fingerprint density at radius 3 is 2.68 bits per heavy atom. The van der Waals surface area contributed by atoms with Crippen LogP contribution in [-0.4, -0.2) is 32.8 Å². The lowest BCUT2D eigenvalue weighted by Gasteiger charge is -2.22. The maximum atomic E-state index is 6.21. The Morgan fingerprint density at radius 2 is 1.82 bits per heavy atom. The quantitative estimate of drug-likeness (QED) is 0.384. The molecule has 1 saturated heterocycles. The molecule has 0 atom stereocenters. The van der Waals surface area contributed by atoms with Crippen molar-refractivity contribution in [3.8, 4) is 34.1 Å². The molecule has 1 aliphatic rings. The van der Waals surface area contributed by atoms with Gasteiger partial charge in [-0.1, -0.05) is 18.2 Å². The largest absolute Gasteiger partial charge is 0.457 e. The van der Waals surface area contributed by atoms with E-state index in [2.05, 4.69) is 31.3 Å². The molecule has 34 heavy (non-hydrogen) atoms. The molecule has 8 heteroatoms. The number of ether oxygens (including phenoxy) is 1. The summed E-state index contributed by atoms with van der Waals surface area (Å²) in [7, 11) is 0. The van der Waals surface area contributed by atoms with Crippen LogP contribution in [-0.2, 0) is 0 Å². The predicted molar refractivity (Wildman–Crippen MR) is 131 cm³/mol. The zero-order valence-electron chi connectivity index (χ0n) is 18.5. The van der Waals surface area contributed by atoms with Crippen molar-refractivity contribution >= 4 is 16.9 Å². The number of pyridine rings is 1. The topological polar surface area (TPSA) is 104 Å². The van der Waals surface area contributed by atoms with Gasteiger partial charge in [-0.05, 0) is 56.3 Å². The summed E-state index contributed by atoms with van der Waals surface area (Å²) >= 11 is 0. The second kappa shape index (κ2) is 8.64. The summed E-state index contributed by atoms with van der Waals surface area (Å²) in [6.07, 6.45) is 7.86. The summed E-state index contributed by atoms with van der Waals surface area (Å²) < 4.78 is 14.0. The van der Waals surface area contributed by atoms with E-state index in [-0.39, 0.29) is 0 Å². The molecule has 3 N–H and O–H groups in total. The average molecular weight is 453 g/mol. The fraction of sp³-hybridized carbons (Fsp3) is 0.192. The minimum Gasteiger partial charge on any atom is -0.457 e. The lowest BCUT2D eigenvalue weighted by molar-refractivity contribution is 0.343. The van der Waals surface area contributed by atoms with Crippen LogP contribution in [0.15, 0.2) is 77.6 Å². The molecule has 3 aromatic heterocycles. The standard InChI is InChI=1S/C26H24N6O2/c27-25-22(12-17(14-29-25)18-15-30-32(16-18)19-8-10-28-11-9-19)26-31-23-7-6-21(13-24(23)34-26)33-20-4-2-1-3-5-20/h1-7,12-16,19,28H,8-11H2,(H2,27,29). The fourth-order valence-electron chi connectivity index (χ4n) is 4.27. The van der Waals surface area contributed by atoms with Crippen LogP contribution < -0.4 is 15.8 Å². The zero-order chi connectivity index (χ0) is 22.9. The minimum absolute atomic E-state index is 0.363. The van der Waals surface area contributed by atoms with E-state index < -0.39 is 0 Å². The number of nitrogens with one attached hydrogen (secondary N) is 1. The Morgan fingerprint density at radius 1 is 0.971 bits per heavy atom. The molecule has 0 radical (unpaired) electrons. The molecule has 0 spiro atoms. The number of piperidine rings is 1. The Hall–Kier alpha value is -4.17. The van der Waals surface area contributed by atoms with E-state index in [1.807, 2.05) is 60.8 Å². The molecule has 0 unspecified atom stereocenters. The van der Waals surface area contributed by atoms with Gasteiger partial charge < -0.3 is 20.2 Å². The van der Waals surface area contributed by atoms with E-state index in [0.29, 0.717) is 34.6 Å². The summed E-state index contributed by atoms with van der Waals surface area (Å²) in [4.78, 5) is 9.04. The molecule has 1 fully saturated rings. The van der Waals surface area contributed by atoms with Gasteiger partial charge >= 0.3 is 0 Å². The summed E-state index contributed by atoms with van der Waals surface area (Å²) in [5.41, 5.74) is 10.1. The number of para-hydroxylation sites is 1. The first-order valence-corrected chi connectivity index (χ1v) is 11.4. The first-order chi connectivity index (χ1) is 16.7. The Labute approximate surface area is 196 Å². The number of hydrogen-bond acceptors (Lipinski definition) is 7. The lowest BCUT2D eigenvalue weighted by atomic mass is 10.1. The summed E-state index contributed by atoms with van der Waals surface area (Å²) in [5.74, 6) is 2.21. The SMILES string of the molecule is Nc1ncc(-c2cnn(C3CCNCC3)c2)cc1-c1nc2ccc(Oc3ccccc3)cc2o1. The fourth-order valence-corrected chi connectivity index (χ4v) is 4.27. The minimum atomic E-state index is 0.363. The Balaban J connectivity index is 1.30. The van der Waals surface area contributed by atoms with Crippen LogP contribution in [0.5, 0.6) is 11.5 Å². The van der Waals surface area contributed by atoms with Gasteiger partial charge in [-0.15, -0.1) is 0 Å². The normalized spacial score (nSPS) is 14.5. The van der Waals surface area contributed by atoms with Gasteiger partial charge in [-0.25, -0.2) is 9.97 Å². The number of anilines is 1. The van der Waals surface area contributed by atoms with E-state index in [4.69, 9.17) is 14.9 Å².